The smallest absolute Gasteiger partial charge is 0.130 e. The van der Waals surface area contributed by atoms with E-state index >= 15 is 0 Å². The number of aryl methyl sites for hydroxylation is 2. The fraction of sp³-hybridized carbons (Fsp3) is 0.375. The van der Waals surface area contributed by atoms with E-state index in [1.165, 1.54) is 5.69 Å². The number of aromatic nitrogens is 2. The molecule has 1 aliphatic rings. The Labute approximate surface area is 130 Å². The van der Waals surface area contributed by atoms with Crippen LogP contribution < -0.4 is 10.2 Å². The molecule has 4 nitrogen and oxygen atoms in total. The summed E-state index contributed by atoms with van der Waals surface area (Å²) < 4.78 is 0. The molecule has 5 heteroatoms. The third-order valence-electron chi connectivity index (χ3n) is 3.68. The van der Waals surface area contributed by atoms with Gasteiger partial charge in [-0.15, -0.1) is 0 Å². The fourth-order valence-corrected chi connectivity index (χ4v) is 2.97. The van der Waals surface area contributed by atoms with Gasteiger partial charge in [0.15, 0.2) is 0 Å². The van der Waals surface area contributed by atoms with Crippen molar-refractivity contribution in [2.75, 3.05) is 23.3 Å². The number of halogens is 1. The SMILES string of the molecule is Cc1cc(NC2CCN(c3cccc(Cl)c3)C2)nc(C)n1. The van der Waals surface area contributed by atoms with E-state index < -0.39 is 0 Å². The van der Waals surface area contributed by atoms with Crippen LogP contribution in [0.25, 0.3) is 0 Å². The van der Waals surface area contributed by atoms with Gasteiger partial charge in [-0.1, -0.05) is 17.7 Å². The number of hydrogen-bond acceptors (Lipinski definition) is 4. The zero-order valence-electron chi connectivity index (χ0n) is 12.3. The van der Waals surface area contributed by atoms with Crippen molar-refractivity contribution in [3.63, 3.8) is 0 Å². The Balaban J connectivity index is 1.67. The first-order valence-electron chi connectivity index (χ1n) is 7.19. The highest BCUT2D eigenvalue weighted by atomic mass is 35.5. The molecule has 1 atom stereocenters. The number of rotatable bonds is 3. The average Bonchev–Trinajstić information content (AvgIpc) is 2.86. The molecule has 0 radical (unpaired) electrons. The molecule has 3 rings (SSSR count). The average molecular weight is 303 g/mol. The first kappa shape index (κ1) is 14.1. The summed E-state index contributed by atoms with van der Waals surface area (Å²) in [7, 11) is 0. The van der Waals surface area contributed by atoms with E-state index in [4.69, 9.17) is 11.6 Å². The highest BCUT2D eigenvalue weighted by Crippen LogP contribution is 2.24. The van der Waals surface area contributed by atoms with Crippen LogP contribution in [0.5, 0.6) is 0 Å². The molecule has 0 bridgehead atoms. The lowest BCUT2D eigenvalue weighted by molar-refractivity contribution is 0.796. The monoisotopic (exact) mass is 302 g/mol. The van der Waals surface area contributed by atoms with Crippen LogP contribution in [-0.4, -0.2) is 29.1 Å². The molecule has 1 aromatic heterocycles. The molecule has 0 spiro atoms. The van der Waals surface area contributed by atoms with Gasteiger partial charge in [0.25, 0.3) is 0 Å². The summed E-state index contributed by atoms with van der Waals surface area (Å²) in [6, 6.07) is 10.4. The molecular weight excluding hydrogens is 284 g/mol. The fourth-order valence-electron chi connectivity index (χ4n) is 2.79. The topological polar surface area (TPSA) is 41.0 Å². The van der Waals surface area contributed by atoms with Crippen molar-refractivity contribution >= 4 is 23.1 Å². The minimum atomic E-state index is 0.401. The number of nitrogens with one attached hydrogen (secondary N) is 1. The van der Waals surface area contributed by atoms with Gasteiger partial charge in [0.2, 0.25) is 0 Å². The van der Waals surface area contributed by atoms with Gasteiger partial charge in [-0.25, -0.2) is 9.97 Å². The molecule has 21 heavy (non-hydrogen) atoms. The van der Waals surface area contributed by atoms with Crippen LogP contribution in [0.4, 0.5) is 11.5 Å². The second-order valence-electron chi connectivity index (χ2n) is 5.50. The summed E-state index contributed by atoms with van der Waals surface area (Å²) in [5.74, 6) is 1.72. The van der Waals surface area contributed by atoms with Crippen molar-refractivity contribution in [1.29, 1.82) is 0 Å². The van der Waals surface area contributed by atoms with Crippen molar-refractivity contribution in [3.8, 4) is 0 Å². The highest BCUT2D eigenvalue weighted by Gasteiger charge is 2.23. The van der Waals surface area contributed by atoms with Gasteiger partial charge in [-0.2, -0.15) is 0 Å². The van der Waals surface area contributed by atoms with Gasteiger partial charge < -0.3 is 10.2 Å². The summed E-state index contributed by atoms with van der Waals surface area (Å²) in [5.41, 5.74) is 2.18. The minimum Gasteiger partial charge on any atom is -0.369 e. The van der Waals surface area contributed by atoms with E-state index in [-0.39, 0.29) is 0 Å². The molecule has 0 saturated carbocycles. The van der Waals surface area contributed by atoms with E-state index in [2.05, 4.69) is 26.3 Å². The molecule has 110 valence electrons. The molecule has 1 aromatic carbocycles. The first-order chi connectivity index (χ1) is 10.1. The summed E-state index contributed by atoms with van der Waals surface area (Å²) in [6.07, 6.45) is 1.09. The Hall–Kier alpha value is -1.81. The maximum atomic E-state index is 6.07. The van der Waals surface area contributed by atoms with Crippen molar-refractivity contribution in [2.45, 2.75) is 26.3 Å². The molecule has 1 unspecified atom stereocenters. The molecule has 1 N–H and O–H groups in total. The summed E-state index contributed by atoms with van der Waals surface area (Å²) in [4.78, 5) is 11.1. The number of benzene rings is 1. The van der Waals surface area contributed by atoms with Gasteiger partial charge in [-0.05, 0) is 38.5 Å². The third kappa shape index (κ3) is 3.45. The number of nitrogens with zero attached hydrogens (tertiary/aromatic N) is 3. The largest absolute Gasteiger partial charge is 0.369 e. The van der Waals surface area contributed by atoms with Crippen molar-refractivity contribution in [3.05, 3.63) is 46.9 Å². The van der Waals surface area contributed by atoms with E-state index in [1.807, 2.05) is 38.1 Å². The predicted octanol–water partition coefficient (Wildman–Crippen LogP) is 3.44. The number of anilines is 2. The van der Waals surface area contributed by atoms with E-state index in [9.17, 15) is 0 Å². The minimum absolute atomic E-state index is 0.401. The van der Waals surface area contributed by atoms with Gasteiger partial charge in [0.05, 0.1) is 0 Å². The Bertz CT molecular complexity index is 624. The first-order valence-corrected chi connectivity index (χ1v) is 7.57. The van der Waals surface area contributed by atoms with E-state index in [0.29, 0.717) is 6.04 Å². The summed E-state index contributed by atoms with van der Waals surface area (Å²) in [5, 5.41) is 4.29. The Morgan fingerprint density at radius 3 is 2.86 bits per heavy atom. The lowest BCUT2D eigenvalue weighted by Crippen LogP contribution is -2.26. The molecule has 2 heterocycles. The van der Waals surface area contributed by atoms with Crippen LogP contribution in [0, 0.1) is 13.8 Å². The highest BCUT2D eigenvalue weighted by molar-refractivity contribution is 6.30. The normalized spacial score (nSPS) is 18.0. The second kappa shape index (κ2) is 5.90. The third-order valence-corrected chi connectivity index (χ3v) is 3.91. The molecule has 2 aromatic rings. The predicted molar refractivity (Wildman–Crippen MR) is 87.2 cm³/mol. The maximum Gasteiger partial charge on any atom is 0.130 e. The molecular formula is C16H19ClN4. The zero-order valence-corrected chi connectivity index (χ0v) is 13.1. The summed E-state index contributed by atoms with van der Waals surface area (Å²) >= 11 is 6.07. The van der Waals surface area contributed by atoms with Gasteiger partial charge >= 0.3 is 0 Å². The van der Waals surface area contributed by atoms with Crippen LogP contribution in [0.15, 0.2) is 30.3 Å². The van der Waals surface area contributed by atoms with Crippen LogP contribution in [0.1, 0.15) is 17.9 Å². The van der Waals surface area contributed by atoms with Crippen LogP contribution in [0.2, 0.25) is 5.02 Å². The quantitative estimate of drug-likeness (QED) is 0.943. The van der Waals surface area contributed by atoms with Gasteiger partial charge in [-0.3, -0.25) is 0 Å². The van der Waals surface area contributed by atoms with Crippen LogP contribution in [0.3, 0.4) is 0 Å². The van der Waals surface area contributed by atoms with Crippen LogP contribution >= 0.6 is 11.6 Å². The van der Waals surface area contributed by atoms with Crippen molar-refractivity contribution < 1.29 is 0 Å². The maximum absolute atomic E-state index is 6.07. The second-order valence-corrected chi connectivity index (χ2v) is 5.93. The van der Waals surface area contributed by atoms with E-state index in [0.717, 1.165) is 41.9 Å². The van der Waals surface area contributed by atoms with Crippen molar-refractivity contribution in [1.82, 2.24) is 9.97 Å². The lowest BCUT2D eigenvalue weighted by atomic mass is 10.2. The summed E-state index contributed by atoms with van der Waals surface area (Å²) in [6.45, 7) is 5.90. The van der Waals surface area contributed by atoms with E-state index in [1.54, 1.807) is 0 Å². The van der Waals surface area contributed by atoms with Crippen molar-refractivity contribution in [2.24, 2.45) is 0 Å². The molecule has 1 fully saturated rings. The molecule has 1 aliphatic heterocycles. The Morgan fingerprint density at radius 2 is 2.10 bits per heavy atom. The Kier molecular flexibility index (Phi) is 3.97. The molecule has 0 amide bonds. The van der Waals surface area contributed by atoms with Crippen LogP contribution in [-0.2, 0) is 0 Å². The Morgan fingerprint density at radius 1 is 1.24 bits per heavy atom. The van der Waals surface area contributed by atoms with Gasteiger partial charge in [0, 0.05) is 41.6 Å². The van der Waals surface area contributed by atoms with Gasteiger partial charge in [0.1, 0.15) is 11.6 Å². The number of hydrogen-bond donors (Lipinski definition) is 1. The standard InChI is InChI=1S/C16H19ClN4/c1-11-8-16(19-12(2)18-11)20-14-6-7-21(10-14)15-5-3-4-13(17)9-15/h3-5,8-9,14H,6-7,10H2,1-2H3,(H,18,19,20). The zero-order chi connectivity index (χ0) is 14.8. The lowest BCUT2D eigenvalue weighted by Gasteiger charge is -2.19. The molecule has 0 aliphatic carbocycles. The molecule has 1 saturated heterocycles.